The third kappa shape index (κ3) is 2.71. The van der Waals surface area contributed by atoms with E-state index in [2.05, 4.69) is 5.10 Å². The summed E-state index contributed by atoms with van der Waals surface area (Å²) in [6.45, 7) is 1.74. The first-order valence-corrected chi connectivity index (χ1v) is 10.8. The molecule has 2 atom stereocenters. The molecule has 0 radical (unpaired) electrons. The van der Waals surface area contributed by atoms with Crippen LogP contribution in [0, 0.1) is 0 Å². The average Bonchev–Trinajstić information content (AvgIpc) is 3.32. The highest BCUT2D eigenvalue weighted by Crippen LogP contribution is 2.53. The van der Waals surface area contributed by atoms with Gasteiger partial charge < -0.3 is 9.15 Å². The van der Waals surface area contributed by atoms with Crippen molar-refractivity contribution in [1.82, 2.24) is 0 Å². The maximum Gasteiger partial charge on any atom is 0.344 e. The lowest BCUT2D eigenvalue weighted by Crippen LogP contribution is -2.53. The molecule has 0 N–H and O–H groups in total. The molecule has 0 fully saturated rings. The summed E-state index contributed by atoms with van der Waals surface area (Å²) in [4.78, 5) is 27.3. The molecule has 3 aromatic carbocycles. The number of para-hydroxylation sites is 2. The highest BCUT2D eigenvalue weighted by atomic mass is 35.5. The second-order valence-electron chi connectivity index (χ2n) is 8.09. The van der Waals surface area contributed by atoms with Crippen LogP contribution in [0.25, 0.3) is 11.0 Å². The van der Waals surface area contributed by atoms with Crippen molar-refractivity contribution in [2.75, 3.05) is 5.01 Å². The number of carbonyl (C=O) groups excluding carboxylic acids is 1. The van der Waals surface area contributed by atoms with Crippen LogP contribution in [0.2, 0.25) is 5.02 Å². The van der Waals surface area contributed by atoms with Crippen LogP contribution in [0.5, 0.6) is 5.75 Å². The zero-order valence-corrected chi connectivity index (χ0v) is 18.2. The van der Waals surface area contributed by atoms with Gasteiger partial charge in [-0.15, -0.1) is 0 Å². The zero-order chi connectivity index (χ0) is 22.7. The number of nitrogens with zero attached hydrogens (tertiary/aromatic N) is 2. The molecule has 2 aliphatic rings. The van der Waals surface area contributed by atoms with Crippen LogP contribution in [0.4, 0.5) is 5.69 Å². The van der Waals surface area contributed by atoms with Crippen molar-refractivity contribution in [3.63, 3.8) is 0 Å². The van der Waals surface area contributed by atoms with E-state index in [0.29, 0.717) is 38.7 Å². The molecule has 2 aliphatic heterocycles. The molecular weight excluding hydrogens is 440 g/mol. The summed E-state index contributed by atoms with van der Waals surface area (Å²) in [5.74, 6) is -0.822. The molecule has 3 heterocycles. The fourth-order valence-corrected chi connectivity index (χ4v) is 4.98. The Morgan fingerprint density at radius 2 is 1.73 bits per heavy atom. The van der Waals surface area contributed by atoms with Crippen molar-refractivity contribution in [2.45, 2.75) is 18.4 Å². The van der Waals surface area contributed by atoms with Gasteiger partial charge in [0.05, 0.1) is 28.3 Å². The number of carbonyl (C=O) groups is 1. The molecule has 7 heteroatoms. The van der Waals surface area contributed by atoms with Crippen molar-refractivity contribution in [2.24, 2.45) is 5.10 Å². The van der Waals surface area contributed by atoms with E-state index in [0.717, 1.165) is 0 Å². The van der Waals surface area contributed by atoms with Gasteiger partial charge in [-0.2, -0.15) is 10.1 Å². The number of benzene rings is 3. The number of hydrogen-bond donors (Lipinski definition) is 0. The first-order valence-electron chi connectivity index (χ1n) is 10.5. The third-order valence-electron chi connectivity index (χ3n) is 6.24. The lowest BCUT2D eigenvalue weighted by atomic mass is 9.76. The van der Waals surface area contributed by atoms with Crippen molar-refractivity contribution in [3.8, 4) is 5.75 Å². The van der Waals surface area contributed by atoms with E-state index in [1.165, 1.54) is 5.01 Å². The molecule has 0 saturated carbocycles. The molecule has 33 heavy (non-hydrogen) atoms. The Balaban J connectivity index is 1.64. The fraction of sp³-hybridized carbons (Fsp3) is 0.115. The summed E-state index contributed by atoms with van der Waals surface area (Å²) in [6, 6.07) is 23.4. The van der Waals surface area contributed by atoms with Gasteiger partial charge in [0, 0.05) is 5.02 Å². The standard InChI is InChI=1S/C26H17ClN2O4/c1-15-26(25(31)29(28-15)18-10-3-2-4-11-18)22(16-8-7-9-17(27)14-16)21-23(33-26)19-12-5-6-13-20(19)32-24(21)30/h2-14,22H,1H3/t22-,26-/m0/s1. The Labute approximate surface area is 193 Å². The van der Waals surface area contributed by atoms with Gasteiger partial charge in [-0.25, -0.2) is 4.79 Å². The minimum atomic E-state index is -1.54. The number of amides is 1. The smallest absolute Gasteiger partial charge is 0.344 e. The minimum absolute atomic E-state index is 0.286. The molecule has 4 aromatic rings. The van der Waals surface area contributed by atoms with E-state index in [4.69, 9.17) is 20.8 Å². The first-order chi connectivity index (χ1) is 16.0. The molecular formula is C26H17ClN2O4. The largest absolute Gasteiger partial charge is 0.469 e. The first kappa shape index (κ1) is 19.8. The van der Waals surface area contributed by atoms with Crippen molar-refractivity contribution >= 4 is 39.9 Å². The lowest BCUT2D eigenvalue weighted by Gasteiger charge is -2.29. The number of rotatable bonds is 2. The molecule has 162 valence electrons. The van der Waals surface area contributed by atoms with Crippen LogP contribution in [0.15, 0.2) is 93.2 Å². The van der Waals surface area contributed by atoms with Gasteiger partial charge in [0.1, 0.15) is 11.3 Å². The summed E-state index contributed by atoms with van der Waals surface area (Å²) in [5, 5.41) is 7.02. The topological polar surface area (TPSA) is 72.1 Å². The van der Waals surface area contributed by atoms with Crippen LogP contribution in [0.3, 0.4) is 0 Å². The van der Waals surface area contributed by atoms with E-state index in [1.807, 2.05) is 36.4 Å². The predicted octanol–water partition coefficient (Wildman–Crippen LogP) is 5.13. The number of ether oxygens (including phenoxy) is 1. The summed E-state index contributed by atoms with van der Waals surface area (Å²) in [5.41, 5.74) is 0.311. The highest BCUT2D eigenvalue weighted by Gasteiger charge is 2.63. The van der Waals surface area contributed by atoms with Gasteiger partial charge in [-0.3, -0.25) is 4.79 Å². The number of anilines is 1. The van der Waals surface area contributed by atoms with E-state index in [1.54, 1.807) is 49.4 Å². The lowest BCUT2D eigenvalue weighted by molar-refractivity contribution is -0.127. The quantitative estimate of drug-likeness (QED) is 0.392. The molecule has 6 nitrogen and oxygen atoms in total. The predicted molar refractivity (Wildman–Crippen MR) is 126 cm³/mol. The van der Waals surface area contributed by atoms with Gasteiger partial charge >= 0.3 is 5.63 Å². The highest BCUT2D eigenvalue weighted by molar-refractivity contribution is 6.30. The number of hydrogen-bond acceptors (Lipinski definition) is 5. The second-order valence-corrected chi connectivity index (χ2v) is 8.53. The van der Waals surface area contributed by atoms with Gasteiger partial charge in [0.25, 0.3) is 5.91 Å². The van der Waals surface area contributed by atoms with Crippen LogP contribution >= 0.6 is 11.6 Å². The SMILES string of the molecule is CC1=NN(c2ccccc2)C(=O)[C@]12Oc1c(c(=O)oc3ccccc13)[C@@H]2c1cccc(Cl)c1. The maximum atomic E-state index is 14.0. The molecule has 0 saturated heterocycles. The molecule has 6 rings (SSSR count). The third-order valence-corrected chi connectivity index (χ3v) is 6.47. The molecule has 0 aliphatic carbocycles. The zero-order valence-electron chi connectivity index (χ0n) is 17.5. The van der Waals surface area contributed by atoms with Crippen molar-refractivity contribution in [3.05, 3.63) is 105 Å². The monoisotopic (exact) mass is 456 g/mol. The van der Waals surface area contributed by atoms with Gasteiger partial charge in [0.15, 0.2) is 0 Å². The second kappa shape index (κ2) is 7.05. The Bertz CT molecular complexity index is 1530. The fourth-order valence-electron chi connectivity index (χ4n) is 4.78. The summed E-state index contributed by atoms with van der Waals surface area (Å²) < 4.78 is 12.1. The number of halogens is 1. The van der Waals surface area contributed by atoms with Crippen LogP contribution in [0.1, 0.15) is 24.0 Å². The molecule has 0 unspecified atom stereocenters. The average molecular weight is 457 g/mol. The van der Waals surface area contributed by atoms with Gasteiger partial charge in [-0.1, -0.05) is 54.1 Å². The Morgan fingerprint density at radius 1 is 0.970 bits per heavy atom. The minimum Gasteiger partial charge on any atom is -0.469 e. The Morgan fingerprint density at radius 3 is 2.52 bits per heavy atom. The van der Waals surface area contributed by atoms with E-state index in [-0.39, 0.29) is 11.5 Å². The van der Waals surface area contributed by atoms with Crippen LogP contribution < -0.4 is 15.4 Å². The van der Waals surface area contributed by atoms with E-state index >= 15 is 0 Å². The van der Waals surface area contributed by atoms with E-state index < -0.39 is 17.1 Å². The molecule has 1 amide bonds. The normalized spacial score (nSPS) is 21.4. The van der Waals surface area contributed by atoms with E-state index in [9.17, 15) is 9.59 Å². The van der Waals surface area contributed by atoms with Crippen molar-refractivity contribution in [1.29, 1.82) is 0 Å². The maximum absolute atomic E-state index is 14.0. The summed E-state index contributed by atoms with van der Waals surface area (Å²) in [6.07, 6.45) is 0. The molecule has 1 aromatic heterocycles. The van der Waals surface area contributed by atoms with Gasteiger partial charge in [-0.05, 0) is 48.9 Å². The van der Waals surface area contributed by atoms with Crippen LogP contribution in [-0.2, 0) is 4.79 Å². The number of hydrazone groups is 1. The number of fused-ring (bicyclic) bond motifs is 3. The molecule has 0 bridgehead atoms. The Hall–Kier alpha value is -3.90. The Kier molecular flexibility index (Phi) is 4.22. The van der Waals surface area contributed by atoms with Crippen LogP contribution in [-0.4, -0.2) is 17.2 Å². The molecule has 1 spiro atoms. The van der Waals surface area contributed by atoms with Gasteiger partial charge in [0.2, 0.25) is 5.60 Å². The van der Waals surface area contributed by atoms with Crippen molar-refractivity contribution < 1.29 is 13.9 Å². The summed E-state index contributed by atoms with van der Waals surface area (Å²) >= 11 is 6.31. The summed E-state index contributed by atoms with van der Waals surface area (Å²) in [7, 11) is 0.